The van der Waals surface area contributed by atoms with Gasteiger partial charge in [-0.2, -0.15) is 0 Å². The third-order valence-electron chi connectivity index (χ3n) is 2.41. The molecule has 1 unspecified atom stereocenters. The minimum absolute atomic E-state index is 0.0852. The van der Waals surface area contributed by atoms with Gasteiger partial charge in [-0.25, -0.2) is 4.79 Å². The third-order valence-corrected chi connectivity index (χ3v) is 2.41. The van der Waals surface area contributed by atoms with Gasteiger partial charge in [-0.15, -0.1) is 0 Å². The van der Waals surface area contributed by atoms with Crippen LogP contribution in [0.3, 0.4) is 0 Å². The largest absolute Gasteiger partial charge is 0.479 e. The van der Waals surface area contributed by atoms with Gasteiger partial charge < -0.3 is 20.5 Å². The van der Waals surface area contributed by atoms with Crippen molar-refractivity contribution in [3.8, 4) is 0 Å². The maximum Gasteiger partial charge on any atom is 0.334 e. The lowest BCUT2D eigenvalue weighted by molar-refractivity contribution is -0.159. The van der Waals surface area contributed by atoms with Crippen molar-refractivity contribution in [2.45, 2.75) is 25.5 Å². The number of nitrogens with zero attached hydrogens (tertiary/aromatic N) is 1. The highest BCUT2D eigenvalue weighted by atomic mass is 16.5. The molecule has 0 radical (unpaired) electrons. The van der Waals surface area contributed by atoms with Crippen LogP contribution in [0.4, 0.5) is 0 Å². The number of nitrogens with two attached hydrogens (primary N) is 1. The van der Waals surface area contributed by atoms with Crippen molar-refractivity contribution < 1.29 is 19.4 Å². The zero-order valence-corrected chi connectivity index (χ0v) is 8.68. The number of morpholine rings is 1. The summed E-state index contributed by atoms with van der Waals surface area (Å²) in [6, 6.07) is -0.544. The number of carboxylic acids is 1. The number of hydrogen-bond acceptors (Lipinski definition) is 4. The lowest BCUT2D eigenvalue weighted by Crippen LogP contribution is -2.53. The molecule has 1 aliphatic rings. The summed E-state index contributed by atoms with van der Waals surface area (Å²) in [4.78, 5) is 23.8. The van der Waals surface area contributed by atoms with Gasteiger partial charge in [-0.1, -0.05) is 6.92 Å². The van der Waals surface area contributed by atoms with Crippen LogP contribution >= 0.6 is 0 Å². The van der Waals surface area contributed by atoms with Gasteiger partial charge in [0.2, 0.25) is 5.91 Å². The van der Waals surface area contributed by atoms with E-state index in [1.165, 1.54) is 4.90 Å². The summed E-state index contributed by atoms with van der Waals surface area (Å²) in [6.07, 6.45) is -0.375. The minimum Gasteiger partial charge on any atom is -0.479 e. The van der Waals surface area contributed by atoms with Gasteiger partial charge in [-0.3, -0.25) is 4.79 Å². The molecule has 0 aliphatic carbocycles. The summed E-state index contributed by atoms with van der Waals surface area (Å²) in [7, 11) is 0. The van der Waals surface area contributed by atoms with Gasteiger partial charge >= 0.3 is 5.97 Å². The van der Waals surface area contributed by atoms with Crippen LogP contribution in [0.2, 0.25) is 0 Å². The van der Waals surface area contributed by atoms with Gasteiger partial charge in [0.25, 0.3) is 0 Å². The van der Waals surface area contributed by atoms with E-state index in [0.29, 0.717) is 13.0 Å². The second kappa shape index (κ2) is 5.09. The number of amides is 1. The number of carbonyl (C=O) groups is 2. The Morgan fingerprint density at radius 2 is 2.33 bits per heavy atom. The number of hydrogen-bond donors (Lipinski definition) is 2. The van der Waals surface area contributed by atoms with E-state index in [1.54, 1.807) is 0 Å². The summed E-state index contributed by atoms with van der Waals surface area (Å²) in [5, 5.41) is 8.74. The van der Waals surface area contributed by atoms with Crippen molar-refractivity contribution >= 4 is 11.9 Å². The molecule has 86 valence electrons. The molecule has 1 aliphatic heterocycles. The molecule has 1 saturated heterocycles. The Morgan fingerprint density at radius 3 is 2.87 bits per heavy atom. The zero-order chi connectivity index (χ0) is 11.4. The number of carboxylic acid groups (broad SMARTS) is 1. The summed E-state index contributed by atoms with van der Waals surface area (Å²) in [5.74, 6) is -1.25. The number of carbonyl (C=O) groups excluding carboxylic acids is 1. The molecule has 1 amide bonds. The van der Waals surface area contributed by atoms with Crippen LogP contribution in [0.25, 0.3) is 0 Å². The normalized spacial score (nSPS) is 23.6. The van der Waals surface area contributed by atoms with Crippen LogP contribution in [0.5, 0.6) is 0 Å². The summed E-state index contributed by atoms with van der Waals surface area (Å²) in [6.45, 7) is 2.56. The molecule has 0 spiro atoms. The van der Waals surface area contributed by atoms with E-state index in [2.05, 4.69) is 0 Å². The van der Waals surface area contributed by atoms with Crippen molar-refractivity contribution in [3.05, 3.63) is 0 Å². The van der Waals surface area contributed by atoms with E-state index < -0.39 is 18.1 Å². The fraction of sp³-hybridized carbons (Fsp3) is 0.778. The number of ether oxygens (including phenoxy) is 1. The molecule has 1 heterocycles. The lowest BCUT2D eigenvalue weighted by Gasteiger charge is -2.32. The van der Waals surface area contributed by atoms with Gasteiger partial charge in [0.15, 0.2) is 6.10 Å². The quantitative estimate of drug-likeness (QED) is 0.633. The predicted molar refractivity (Wildman–Crippen MR) is 52.2 cm³/mol. The van der Waals surface area contributed by atoms with E-state index in [-0.39, 0.29) is 19.1 Å². The Hall–Kier alpha value is -1.14. The average molecular weight is 216 g/mol. The van der Waals surface area contributed by atoms with Crippen LogP contribution in [-0.4, -0.2) is 53.7 Å². The van der Waals surface area contributed by atoms with Crippen LogP contribution in [-0.2, 0) is 14.3 Å². The molecule has 1 fully saturated rings. The molecular weight excluding hydrogens is 200 g/mol. The molecule has 6 heteroatoms. The smallest absolute Gasteiger partial charge is 0.334 e. The molecule has 1 rings (SSSR count). The van der Waals surface area contributed by atoms with Crippen LogP contribution < -0.4 is 5.73 Å². The topological polar surface area (TPSA) is 92.9 Å². The van der Waals surface area contributed by atoms with E-state index in [9.17, 15) is 9.59 Å². The van der Waals surface area contributed by atoms with Crippen LogP contribution in [0.15, 0.2) is 0 Å². The Kier molecular flexibility index (Phi) is 4.05. The second-order valence-electron chi connectivity index (χ2n) is 3.50. The molecule has 6 nitrogen and oxygen atoms in total. The summed E-state index contributed by atoms with van der Waals surface area (Å²) >= 11 is 0. The molecule has 0 bridgehead atoms. The second-order valence-corrected chi connectivity index (χ2v) is 3.50. The Bertz CT molecular complexity index is 256. The van der Waals surface area contributed by atoms with Gasteiger partial charge in [-0.05, 0) is 6.42 Å². The molecule has 0 aromatic carbocycles. The molecule has 2 atom stereocenters. The first kappa shape index (κ1) is 11.9. The lowest BCUT2D eigenvalue weighted by atomic mass is 10.2. The third kappa shape index (κ3) is 2.90. The predicted octanol–water partition coefficient (Wildman–Crippen LogP) is -0.964. The van der Waals surface area contributed by atoms with Crippen molar-refractivity contribution in [2.24, 2.45) is 5.73 Å². The first-order chi connectivity index (χ1) is 7.06. The van der Waals surface area contributed by atoms with Crippen molar-refractivity contribution in [1.29, 1.82) is 0 Å². The van der Waals surface area contributed by atoms with Crippen LogP contribution in [0, 0.1) is 0 Å². The van der Waals surface area contributed by atoms with Crippen molar-refractivity contribution in [3.63, 3.8) is 0 Å². The van der Waals surface area contributed by atoms with E-state index >= 15 is 0 Å². The maximum absolute atomic E-state index is 11.6. The fourth-order valence-electron chi connectivity index (χ4n) is 1.41. The van der Waals surface area contributed by atoms with Crippen molar-refractivity contribution in [1.82, 2.24) is 4.90 Å². The highest BCUT2D eigenvalue weighted by molar-refractivity contribution is 5.82. The Balaban J connectivity index is 2.56. The Labute approximate surface area is 88.0 Å². The number of aliphatic carboxylic acids is 1. The summed E-state index contributed by atoms with van der Waals surface area (Å²) in [5.41, 5.74) is 5.59. The van der Waals surface area contributed by atoms with Gasteiger partial charge in [0, 0.05) is 6.54 Å². The number of rotatable bonds is 3. The molecule has 0 aromatic heterocycles. The van der Waals surface area contributed by atoms with E-state index in [0.717, 1.165) is 0 Å². The monoisotopic (exact) mass is 216 g/mol. The summed E-state index contributed by atoms with van der Waals surface area (Å²) < 4.78 is 5.00. The highest BCUT2D eigenvalue weighted by Crippen LogP contribution is 2.07. The van der Waals surface area contributed by atoms with Gasteiger partial charge in [0.1, 0.15) is 0 Å². The molecule has 0 aromatic rings. The fourth-order valence-corrected chi connectivity index (χ4v) is 1.41. The first-order valence-electron chi connectivity index (χ1n) is 4.95. The molecule has 3 N–H and O–H groups in total. The molecule has 0 saturated carbocycles. The highest BCUT2D eigenvalue weighted by Gasteiger charge is 2.30. The molecular formula is C9H16N2O4. The molecule has 15 heavy (non-hydrogen) atoms. The zero-order valence-electron chi connectivity index (χ0n) is 8.68. The minimum atomic E-state index is -1.04. The Morgan fingerprint density at radius 1 is 1.67 bits per heavy atom. The van der Waals surface area contributed by atoms with E-state index in [1.807, 2.05) is 6.92 Å². The van der Waals surface area contributed by atoms with Crippen molar-refractivity contribution in [2.75, 3.05) is 19.7 Å². The standard InChI is InChI=1S/C9H16N2O4/c1-2-6(10)8(12)11-3-4-15-7(5-11)9(13)14/h6-7H,2-5,10H2,1H3,(H,13,14)/t6-,7?/m0/s1. The van der Waals surface area contributed by atoms with E-state index in [4.69, 9.17) is 15.6 Å². The van der Waals surface area contributed by atoms with Crippen LogP contribution in [0.1, 0.15) is 13.3 Å². The van der Waals surface area contributed by atoms with Gasteiger partial charge in [0.05, 0.1) is 19.2 Å². The first-order valence-corrected chi connectivity index (χ1v) is 4.95. The maximum atomic E-state index is 11.6. The SMILES string of the molecule is CC[C@H](N)C(=O)N1CCOC(C(=O)O)C1. The average Bonchev–Trinajstić information content (AvgIpc) is 2.27.